The van der Waals surface area contributed by atoms with Gasteiger partial charge in [0.15, 0.2) is 5.82 Å². The zero-order valence-electron chi connectivity index (χ0n) is 9.72. The molecule has 0 amide bonds. The lowest BCUT2D eigenvalue weighted by Gasteiger charge is -2.01. The quantitative estimate of drug-likeness (QED) is 0.845. The number of carboxylic acid groups (broad SMARTS) is 1. The predicted octanol–water partition coefficient (Wildman–Crippen LogP) is 3.34. The molecule has 0 unspecified atom stereocenters. The lowest BCUT2D eigenvalue weighted by Crippen LogP contribution is -2.11. The van der Waals surface area contributed by atoms with Crippen LogP contribution in [0.1, 0.15) is 6.92 Å². The van der Waals surface area contributed by atoms with Gasteiger partial charge in [0.25, 0.3) is 0 Å². The van der Waals surface area contributed by atoms with Crippen molar-refractivity contribution >= 4 is 40.9 Å². The maximum Gasteiger partial charge on any atom is 0.316 e. The maximum absolute atomic E-state index is 10.7. The molecule has 19 heavy (non-hydrogen) atoms. The second kappa shape index (κ2) is 5.81. The summed E-state index contributed by atoms with van der Waals surface area (Å²) in [5.41, 5.74) is 0.661. The Kier molecular flexibility index (Phi) is 4.34. The van der Waals surface area contributed by atoms with Gasteiger partial charge >= 0.3 is 5.97 Å². The summed E-state index contributed by atoms with van der Waals surface area (Å²) in [6.45, 7) is 1.57. The molecule has 0 radical (unpaired) electrons. The molecule has 2 aromatic rings. The Balaban J connectivity index is 2.23. The normalized spacial score (nSPS) is 12.4. The van der Waals surface area contributed by atoms with E-state index in [1.165, 1.54) is 0 Å². The lowest BCUT2D eigenvalue weighted by molar-refractivity contribution is -0.136. The minimum Gasteiger partial charge on any atom is -0.480 e. The SMILES string of the molecule is C[C@H](Sc1n[nH]c(-c2ccc(Cl)cc2Cl)n1)C(=O)O. The third-order valence-electron chi connectivity index (χ3n) is 2.28. The molecule has 1 heterocycles. The predicted molar refractivity (Wildman–Crippen MR) is 74.8 cm³/mol. The molecule has 5 nitrogen and oxygen atoms in total. The van der Waals surface area contributed by atoms with Crippen LogP contribution in [0, 0.1) is 0 Å². The highest BCUT2D eigenvalue weighted by Crippen LogP contribution is 2.29. The second-order valence-electron chi connectivity index (χ2n) is 3.69. The van der Waals surface area contributed by atoms with E-state index in [4.69, 9.17) is 28.3 Å². The molecule has 0 saturated heterocycles. The number of thioether (sulfide) groups is 1. The summed E-state index contributed by atoms with van der Waals surface area (Å²) in [4.78, 5) is 14.9. The molecule has 2 N–H and O–H groups in total. The van der Waals surface area contributed by atoms with E-state index in [0.29, 0.717) is 26.6 Å². The van der Waals surface area contributed by atoms with Crippen molar-refractivity contribution in [3.63, 3.8) is 0 Å². The van der Waals surface area contributed by atoms with Gasteiger partial charge in [-0.3, -0.25) is 9.89 Å². The summed E-state index contributed by atoms with van der Waals surface area (Å²) >= 11 is 12.9. The number of aromatic nitrogens is 3. The second-order valence-corrected chi connectivity index (χ2v) is 5.84. The third kappa shape index (κ3) is 3.40. The molecule has 1 atom stereocenters. The maximum atomic E-state index is 10.7. The molecule has 1 aromatic heterocycles. The first-order valence-corrected chi connectivity index (χ1v) is 6.88. The Morgan fingerprint density at radius 2 is 2.21 bits per heavy atom. The number of aliphatic carboxylic acids is 1. The largest absolute Gasteiger partial charge is 0.480 e. The molecular weight excluding hydrogens is 309 g/mol. The molecular formula is C11H9Cl2N3O2S. The Bertz CT molecular complexity index is 618. The Hall–Kier alpha value is -1.24. The summed E-state index contributed by atoms with van der Waals surface area (Å²) < 4.78 is 0. The minimum atomic E-state index is -0.916. The van der Waals surface area contributed by atoms with Crippen LogP contribution in [0.25, 0.3) is 11.4 Å². The number of nitrogens with zero attached hydrogens (tertiary/aromatic N) is 2. The third-order valence-corrected chi connectivity index (χ3v) is 3.78. The molecule has 0 aliphatic carbocycles. The van der Waals surface area contributed by atoms with Gasteiger partial charge in [-0.1, -0.05) is 35.0 Å². The van der Waals surface area contributed by atoms with Gasteiger partial charge in [-0.25, -0.2) is 4.98 Å². The van der Waals surface area contributed by atoms with Gasteiger partial charge in [-0.15, -0.1) is 5.10 Å². The highest BCUT2D eigenvalue weighted by molar-refractivity contribution is 8.00. The summed E-state index contributed by atoms with van der Waals surface area (Å²) in [7, 11) is 0. The smallest absolute Gasteiger partial charge is 0.316 e. The fourth-order valence-electron chi connectivity index (χ4n) is 1.31. The van der Waals surface area contributed by atoms with E-state index >= 15 is 0 Å². The van der Waals surface area contributed by atoms with Crippen molar-refractivity contribution in [2.75, 3.05) is 0 Å². The van der Waals surface area contributed by atoms with Gasteiger partial charge in [-0.05, 0) is 25.1 Å². The van der Waals surface area contributed by atoms with Crippen molar-refractivity contribution in [3.8, 4) is 11.4 Å². The van der Waals surface area contributed by atoms with Crippen LogP contribution < -0.4 is 0 Å². The van der Waals surface area contributed by atoms with Crippen LogP contribution in [0.5, 0.6) is 0 Å². The van der Waals surface area contributed by atoms with Crippen LogP contribution in [0.2, 0.25) is 10.0 Å². The molecule has 8 heteroatoms. The summed E-state index contributed by atoms with van der Waals surface area (Å²) in [5.74, 6) is -0.442. The molecule has 0 fully saturated rings. The standard InChI is InChI=1S/C11H9Cl2N3O2S/c1-5(10(17)18)19-11-14-9(15-16-11)7-3-2-6(12)4-8(7)13/h2-5H,1H3,(H,17,18)(H,14,15,16)/t5-/m0/s1. The van der Waals surface area contributed by atoms with Crippen LogP contribution in [0.4, 0.5) is 0 Å². The Morgan fingerprint density at radius 1 is 1.47 bits per heavy atom. The zero-order chi connectivity index (χ0) is 14.0. The van der Waals surface area contributed by atoms with E-state index in [0.717, 1.165) is 11.8 Å². The average molecular weight is 318 g/mol. The highest BCUT2D eigenvalue weighted by atomic mass is 35.5. The highest BCUT2D eigenvalue weighted by Gasteiger charge is 2.16. The number of nitrogens with one attached hydrogen (secondary N) is 1. The van der Waals surface area contributed by atoms with Crippen molar-refractivity contribution in [2.45, 2.75) is 17.3 Å². The van der Waals surface area contributed by atoms with Gasteiger partial charge in [0.05, 0.1) is 5.02 Å². The van der Waals surface area contributed by atoms with Crippen LogP contribution in [-0.4, -0.2) is 31.5 Å². The van der Waals surface area contributed by atoms with Crippen LogP contribution in [0.3, 0.4) is 0 Å². The van der Waals surface area contributed by atoms with Crippen molar-refractivity contribution in [2.24, 2.45) is 0 Å². The van der Waals surface area contributed by atoms with Crippen molar-refractivity contribution in [1.29, 1.82) is 0 Å². The molecule has 1 aromatic carbocycles. The summed E-state index contributed by atoms with van der Waals surface area (Å²) in [5, 5.41) is 16.2. The van der Waals surface area contributed by atoms with E-state index < -0.39 is 11.2 Å². The number of rotatable bonds is 4. The van der Waals surface area contributed by atoms with Crippen LogP contribution in [0.15, 0.2) is 23.4 Å². The van der Waals surface area contributed by atoms with Gasteiger partial charge in [0.2, 0.25) is 5.16 Å². The van der Waals surface area contributed by atoms with E-state index in [9.17, 15) is 4.79 Å². The van der Waals surface area contributed by atoms with Crippen LogP contribution >= 0.6 is 35.0 Å². The van der Waals surface area contributed by atoms with Gasteiger partial charge in [-0.2, -0.15) is 0 Å². The average Bonchev–Trinajstić information content (AvgIpc) is 2.77. The molecule has 2 rings (SSSR count). The number of carbonyl (C=O) groups is 1. The van der Waals surface area contributed by atoms with Crippen LogP contribution in [-0.2, 0) is 4.79 Å². The molecule has 0 aliphatic rings. The van der Waals surface area contributed by atoms with E-state index in [2.05, 4.69) is 15.2 Å². The minimum absolute atomic E-state index is 0.357. The number of hydrogen-bond donors (Lipinski definition) is 2. The van der Waals surface area contributed by atoms with E-state index in [-0.39, 0.29) is 0 Å². The van der Waals surface area contributed by atoms with Crippen molar-refractivity contribution in [3.05, 3.63) is 28.2 Å². The zero-order valence-corrected chi connectivity index (χ0v) is 12.1. The number of benzene rings is 1. The first kappa shape index (κ1) is 14.2. The molecule has 0 saturated carbocycles. The van der Waals surface area contributed by atoms with Gasteiger partial charge in [0, 0.05) is 10.6 Å². The number of halogens is 2. The molecule has 0 bridgehead atoms. The van der Waals surface area contributed by atoms with E-state index in [1.807, 2.05) is 0 Å². The number of aromatic amines is 1. The number of carboxylic acids is 1. The molecule has 0 aliphatic heterocycles. The van der Waals surface area contributed by atoms with Crippen molar-refractivity contribution in [1.82, 2.24) is 15.2 Å². The van der Waals surface area contributed by atoms with E-state index in [1.54, 1.807) is 25.1 Å². The first-order chi connectivity index (χ1) is 8.97. The number of H-pyrrole nitrogens is 1. The lowest BCUT2D eigenvalue weighted by atomic mass is 10.2. The fraction of sp³-hybridized carbons (Fsp3) is 0.182. The first-order valence-electron chi connectivity index (χ1n) is 5.24. The molecule has 100 valence electrons. The monoisotopic (exact) mass is 317 g/mol. The van der Waals surface area contributed by atoms with Crippen molar-refractivity contribution < 1.29 is 9.90 Å². The fourth-order valence-corrected chi connectivity index (χ4v) is 2.47. The van der Waals surface area contributed by atoms with Gasteiger partial charge < -0.3 is 5.11 Å². The van der Waals surface area contributed by atoms with Gasteiger partial charge in [0.1, 0.15) is 5.25 Å². The Morgan fingerprint density at radius 3 is 2.84 bits per heavy atom. The topological polar surface area (TPSA) is 78.9 Å². The summed E-state index contributed by atoms with van der Waals surface area (Å²) in [6.07, 6.45) is 0. The number of hydrogen-bond acceptors (Lipinski definition) is 4. The molecule has 0 spiro atoms. The Labute approximate surface area is 123 Å². The summed E-state index contributed by atoms with van der Waals surface area (Å²) in [6, 6.07) is 5.02.